The van der Waals surface area contributed by atoms with Crippen LogP contribution in [0.15, 0.2) is 96.0 Å². The van der Waals surface area contributed by atoms with E-state index in [-0.39, 0.29) is 12.6 Å². The summed E-state index contributed by atoms with van der Waals surface area (Å²) in [6.07, 6.45) is 0. The Balaban J connectivity index is 2.07. The molecule has 0 amide bonds. The van der Waals surface area contributed by atoms with Gasteiger partial charge in [-0.2, -0.15) is 0 Å². The van der Waals surface area contributed by atoms with E-state index in [4.69, 9.17) is 4.99 Å². The molecule has 114 valence electrons. The molecule has 0 fully saturated rings. The Hall–Kier alpha value is -2.71. The molecule has 0 saturated heterocycles. The fourth-order valence-electron chi connectivity index (χ4n) is 2.56. The zero-order valence-corrected chi connectivity index (χ0v) is 12.8. The predicted molar refractivity (Wildman–Crippen MR) is 94.8 cm³/mol. The van der Waals surface area contributed by atoms with Crippen LogP contribution >= 0.6 is 0 Å². The SMILES string of the molecule is OC[C@H](N=C(c1ccccc1)c1ccccc1)c1ccccc1. The van der Waals surface area contributed by atoms with Crippen LogP contribution in [-0.2, 0) is 0 Å². The highest BCUT2D eigenvalue weighted by molar-refractivity contribution is 6.13. The molecule has 0 aromatic heterocycles. The molecule has 23 heavy (non-hydrogen) atoms. The van der Waals surface area contributed by atoms with Gasteiger partial charge < -0.3 is 5.11 Å². The van der Waals surface area contributed by atoms with E-state index in [1.165, 1.54) is 0 Å². The van der Waals surface area contributed by atoms with Crippen molar-refractivity contribution in [3.8, 4) is 0 Å². The third kappa shape index (κ3) is 3.74. The van der Waals surface area contributed by atoms with Crippen LogP contribution in [0.25, 0.3) is 0 Å². The van der Waals surface area contributed by atoms with Gasteiger partial charge in [-0.3, -0.25) is 4.99 Å². The van der Waals surface area contributed by atoms with Crippen LogP contribution in [0.1, 0.15) is 22.7 Å². The van der Waals surface area contributed by atoms with E-state index >= 15 is 0 Å². The quantitative estimate of drug-likeness (QED) is 0.702. The summed E-state index contributed by atoms with van der Waals surface area (Å²) in [6.45, 7) is -0.0207. The molecule has 0 unspecified atom stereocenters. The Morgan fingerprint density at radius 2 is 1.13 bits per heavy atom. The zero-order valence-electron chi connectivity index (χ0n) is 12.8. The Morgan fingerprint density at radius 1 is 0.696 bits per heavy atom. The van der Waals surface area contributed by atoms with Gasteiger partial charge in [-0.15, -0.1) is 0 Å². The van der Waals surface area contributed by atoms with Crippen LogP contribution in [0, 0.1) is 0 Å². The number of rotatable bonds is 5. The number of hydrogen-bond donors (Lipinski definition) is 1. The van der Waals surface area contributed by atoms with E-state index in [9.17, 15) is 5.11 Å². The van der Waals surface area contributed by atoms with Crippen molar-refractivity contribution in [1.82, 2.24) is 0 Å². The van der Waals surface area contributed by atoms with Crippen molar-refractivity contribution in [2.45, 2.75) is 6.04 Å². The van der Waals surface area contributed by atoms with Gasteiger partial charge in [-0.1, -0.05) is 91.0 Å². The van der Waals surface area contributed by atoms with Gasteiger partial charge in [0.2, 0.25) is 0 Å². The summed E-state index contributed by atoms with van der Waals surface area (Å²) >= 11 is 0. The molecular formula is C21H19NO. The molecule has 0 radical (unpaired) electrons. The number of aliphatic imine (C=N–C) groups is 1. The summed E-state index contributed by atoms with van der Waals surface area (Å²) < 4.78 is 0. The van der Waals surface area contributed by atoms with Crippen LogP contribution in [0.5, 0.6) is 0 Å². The highest BCUT2D eigenvalue weighted by Crippen LogP contribution is 2.20. The highest BCUT2D eigenvalue weighted by Gasteiger charge is 2.12. The van der Waals surface area contributed by atoms with Crippen molar-refractivity contribution in [3.05, 3.63) is 108 Å². The van der Waals surface area contributed by atoms with E-state index in [1.807, 2.05) is 91.0 Å². The summed E-state index contributed by atoms with van der Waals surface area (Å²) in [5.74, 6) is 0. The molecule has 0 saturated carbocycles. The minimum atomic E-state index is -0.272. The largest absolute Gasteiger partial charge is 0.394 e. The van der Waals surface area contributed by atoms with E-state index in [0.717, 1.165) is 22.4 Å². The molecule has 0 heterocycles. The molecule has 0 bridgehead atoms. The van der Waals surface area contributed by atoms with Gasteiger partial charge in [0.15, 0.2) is 0 Å². The Labute approximate surface area is 136 Å². The number of aliphatic hydroxyl groups excluding tert-OH is 1. The van der Waals surface area contributed by atoms with E-state index in [0.29, 0.717) is 0 Å². The van der Waals surface area contributed by atoms with Crippen molar-refractivity contribution in [1.29, 1.82) is 0 Å². The van der Waals surface area contributed by atoms with Crippen LogP contribution in [0.2, 0.25) is 0 Å². The summed E-state index contributed by atoms with van der Waals surface area (Å²) in [5.41, 5.74) is 4.01. The Kier molecular flexibility index (Phi) is 4.97. The molecule has 0 aliphatic rings. The minimum absolute atomic E-state index is 0.0207. The maximum absolute atomic E-state index is 9.82. The van der Waals surface area contributed by atoms with Crippen LogP contribution < -0.4 is 0 Å². The van der Waals surface area contributed by atoms with Crippen molar-refractivity contribution in [2.75, 3.05) is 6.61 Å². The van der Waals surface area contributed by atoms with E-state index in [2.05, 4.69) is 0 Å². The average Bonchev–Trinajstić information content (AvgIpc) is 2.65. The molecule has 2 nitrogen and oxygen atoms in total. The van der Waals surface area contributed by atoms with Gasteiger partial charge in [-0.05, 0) is 5.56 Å². The minimum Gasteiger partial charge on any atom is -0.394 e. The second-order valence-corrected chi connectivity index (χ2v) is 5.32. The second-order valence-electron chi connectivity index (χ2n) is 5.32. The smallest absolute Gasteiger partial charge is 0.0987 e. The Bertz CT molecular complexity index is 710. The van der Waals surface area contributed by atoms with Gasteiger partial charge in [0.25, 0.3) is 0 Å². The number of aliphatic hydroxyl groups is 1. The second kappa shape index (κ2) is 7.52. The Morgan fingerprint density at radius 3 is 1.57 bits per heavy atom. The third-order valence-corrected chi connectivity index (χ3v) is 3.74. The number of benzene rings is 3. The van der Waals surface area contributed by atoms with Gasteiger partial charge in [0.1, 0.15) is 0 Å². The maximum Gasteiger partial charge on any atom is 0.0987 e. The first-order chi connectivity index (χ1) is 11.4. The lowest BCUT2D eigenvalue weighted by molar-refractivity contribution is 0.269. The lowest BCUT2D eigenvalue weighted by atomic mass is 10.0. The van der Waals surface area contributed by atoms with Crippen molar-refractivity contribution < 1.29 is 5.11 Å². The maximum atomic E-state index is 9.82. The lowest BCUT2D eigenvalue weighted by Gasteiger charge is -2.14. The molecule has 0 aliphatic heterocycles. The summed E-state index contributed by atoms with van der Waals surface area (Å²) in [5, 5.41) is 9.82. The van der Waals surface area contributed by atoms with Crippen LogP contribution in [0.4, 0.5) is 0 Å². The average molecular weight is 301 g/mol. The molecule has 3 rings (SSSR count). The van der Waals surface area contributed by atoms with Crippen LogP contribution in [-0.4, -0.2) is 17.4 Å². The van der Waals surface area contributed by atoms with Gasteiger partial charge in [-0.25, -0.2) is 0 Å². The first kappa shape index (κ1) is 15.2. The number of nitrogens with zero attached hydrogens (tertiary/aromatic N) is 1. The zero-order chi connectivity index (χ0) is 15.9. The van der Waals surface area contributed by atoms with Gasteiger partial charge >= 0.3 is 0 Å². The summed E-state index contributed by atoms with van der Waals surface area (Å²) in [4.78, 5) is 4.87. The van der Waals surface area contributed by atoms with Gasteiger partial charge in [0.05, 0.1) is 18.4 Å². The summed E-state index contributed by atoms with van der Waals surface area (Å²) in [7, 11) is 0. The fourth-order valence-corrected chi connectivity index (χ4v) is 2.56. The molecule has 1 N–H and O–H groups in total. The normalized spacial score (nSPS) is 11.7. The highest BCUT2D eigenvalue weighted by atomic mass is 16.3. The molecule has 0 spiro atoms. The van der Waals surface area contributed by atoms with Gasteiger partial charge in [0, 0.05) is 11.1 Å². The van der Waals surface area contributed by atoms with E-state index < -0.39 is 0 Å². The summed E-state index contributed by atoms with van der Waals surface area (Å²) in [6, 6.07) is 29.8. The van der Waals surface area contributed by atoms with Crippen molar-refractivity contribution >= 4 is 5.71 Å². The molecule has 3 aromatic rings. The topological polar surface area (TPSA) is 32.6 Å². The molecule has 0 aliphatic carbocycles. The predicted octanol–water partition coefficient (Wildman–Crippen LogP) is 4.26. The lowest BCUT2D eigenvalue weighted by Crippen LogP contribution is -2.09. The molecule has 2 heteroatoms. The van der Waals surface area contributed by atoms with E-state index in [1.54, 1.807) is 0 Å². The third-order valence-electron chi connectivity index (χ3n) is 3.74. The standard InChI is InChI=1S/C21H19NO/c23-16-20(17-10-4-1-5-11-17)22-21(18-12-6-2-7-13-18)19-14-8-3-9-15-19/h1-15,20,23H,16H2/t20-/m0/s1. The number of hydrogen-bond acceptors (Lipinski definition) is 2. The first-order valence-corrected chi connectivity index (χ1v) is 7.73. The monoisotopic (exact) mass is 301 g/mol. The first-order valence-electron chi connectivity index (χ1n) is 7.73. The van der Waals surface area contributed by atoms with Crippen LogP contribution in [0.3, 0.4) is 0 Å². The molecular weight excluding hydrogens is 282 g/mol. The fraction of sp³-hybridized carbons (Fsp3) is 0.0952. The van der Waals surface area contributed by atoms with Crippen molar-refractivity contribution in [3.63, 3.8) is 0 Å². The van der Waals surface area contributed by atoms with Crippen molar-refractivity contribution in [2.24, 2.45) is 4.99 Å². The molecule has 3 aromatic carbocycles. The molecule has 1 atom stereocenters.